The lowest BCUT2D eigenvalue weighted by Crippen LogP contribution is -2.42. The zero-order valence-corrected chi connectivity index (χ0v) is 9.40. The molecular formula is C11H11NO3S. The van der Waals surface area contributed by atoms with Crippen LogP contribution >= 0.6 is 0 Å². The molecule has 1 fully saturated rings. The van der Waals surface area contributed by atoms with E-state index in [0.29, 0.717) is 24.3 Å². The molecule has 0 spiro atoms. The maximum absolute atomic E-state index is 12.2. The maximum atomic E-state index is 12.2. The number of sulfone groups is 1. The van der Waals surface area contributed by atoms with Gasteiger partial charge in [0, 0.05) is 13.0 Å². The predicted molar refractivity (Wildman–Crippen MR) is 57.2 cm³/mol. The molecule has 1 unspecified atom stereocenters. The van der Waals surface area contributed by atoms with Gasteiger partial charge in [-0.3, -0.25) is 4.79 Å². The third-order valence-corrected chi connectivity index (χ3v) is 5.47. The lowest BCUT2D eigenvalue weighted by atomic mass is 10.2. The van der Waals surface area contributed by atoms with Crippen LogP contribution in [0.5, 0.6) is 0 Å². The Bertz CT molecular complexity index is 564. The minimum absolute atomic E-state index is 0.0527. The second kappa shape index (κ2) is 3.07. The van der Waals surface area contributed by atoms with Gasteiger partial charge in [-0.25, -0.2) is 8.42 Å². The minimum atomic E-state index is -3.35. The van der Waals surface area contributed by atoms with Crippen LogP contribution in [0.3, 0.4) is 0 Å². The van der Waals surface area contributed by atoms with Crippen LogP contribution in [-0.2, 0) is 21.2 Å². The van der Waals surface area contributed by atoms with Gasteiger partial charge in [-0.15, -0.1) is 0 Å². The quantitative estimate of drug-likeness (QED) is 0.674. The SMILES string of the molecule is O=C1CCC2N1Cc1ccccc1S2(=O)=O. The van der Waals surface area contributed by atoms with Gasteiger partial charge >= 0.3 is 0 Å². The average molecular weight is 237 g/mol. The fraction of sp³-hybridized carbons (Fsp3) is 0.364. The fourth-order valence-electron chi connectivity index (χ4n) is 2.46. The summed E-state index contributed by atoms with van der Waals surface area (Å²) in [6.45, 7) is 0.429. The van der Waals surface area contributed by atoms with Crippen molar-refractivity contribution in [1.29, 1.82) is 0 Å². The number of benzene rings is 1. The summed E-state index contributed by atoms with van der Waals surface area (Å²) >= 11 is 0. The predicted octanol–water partition coefficient (Wildman–Crippen LogP) is 0.922. The molecule has 0 radical (unpaired) electrons. The van der Waals surface area contributed by atoms with Crippen LogP contribution in [0.1, 0.15) is 18.4 Å². The van der Waals surface area contributed by atoms with E-state index in [9.17, 15) is 13.2 Å². The van der Waals surface area contributed by atoms with E-state index in [1.165, 1.54) is 4.90 Å². The van der Waals surface area contributed by atoms with Gasteiger partial charge in [-0.1, -0.05) is 18.2 Å². The van der Waals surface area contributed by atoms with Gasteiger partial charge in [-0.2, -0.15) is 0 Å². The number of hydrogen-bond donors (Lipinski definition) is 0. The van der Waals surface area contributed by atoms with Crippen LogP contribution in [0.4, 0.5) is 0 Å². The molecule has 0 aromatic heterocycles. The van der Waals surface area contributed by atoms with Crippen molar-refractivity contribution in [3.05, 3.63) is 29.8 Å². The topological polar surface area (TPSA) is 54.5 Å². The molecule has 5 heteroatoms. The molecule has 1 amide bonds. The first-order valence-electron chi connectivity index (χ1n) is 5.22. The van der Waals surface area contributed by atoms with Crippen LogP contribution in [-0.4, -0.2) is 24.6 Å². The number of fused-ring (bicyclic) bond motifs is 2. The highest BCUT2D eigenvalue weighted by molar-refractivity contribution is 7.92. The minimum Gasteiger partial charge on any atom is -0.321 e. The van der Waals surface area contributed by atoms with E-state index in [2.05, 4.69) is 0 Å². The molecule has 0 N–H and O–H groups in total. The van der Waals surface area contributed by atoms with Crippen molar-refractivity contribution < 1.29 is 13.2 Å². The van der Waals surface area contributed by atoms with Crippen LogP contribution in [0, 0.1) is 0 Å². The lowest BCUT2D eigenvalue weighted by molar-refractivity contribution is -0.128. The van der Waals surface area contributed by atoms with Crippen LogP contribution in [0.2, 0.25) is 0 Å². The Morgan fingerprint density at radius 2 is 2.00 bits per heavy atom. The van der Waals surface area contributed by atoms with Crippen molar-refractivity contribution in [3.63, 3.8) is 0 Å². The number of nitrogens with zero attached hydrogens (tertiary/aromatic N) is 1. The Hall–Kier alpha value is -1.36. The smallest absolute Gasteiger partial charge is 0.224 e. The summed E-state index contributed by atoms with van der Waals surface area (Å²) in [6.07, 6.45) is 0.771. The Labute approximate surface area is 93.8 Å². The monoisotopic (exact) mass is 237 g/mol. The van der Waals surface area contributed by atoms with E-state index in [-0.39, 0.29) is 5.91 Å². The summed E-state index contributed by atoms with van der Waals surface area (Å²) < 4.78 is 24.5. The molecule has 0 bridgehead atoms. The van der Waals surface area contributed by atoms with Gasteiger partial charge in [0.25, 0.3) is 0 Å². The Balaban J connectivity index is 2.22. The molecule has 2 aliphatic rings. The molecule has 84 valence electrons. The number of amides is 1. The molecule has 4 nitrogen and oxygen atoms in total. The van der Waals surface area contributed by atoms with Crippen molar-refractivity contribution in [3.8, 4) is 0 Å². The van der Waals surface area contributed by atoms with Crippen molar-refractivity contribution in [2.75, 3.05) is 0 Å². The molecule has 1 atom stereocenters. The molecule has 0 saturated carbocycles. The number of rotatable bonds is 0. The van der Waals surface area contributed by atoms with Gasteiger partial charge in [0.05, 0.1) is 4.90 Å². The highest BCUT2D eigenvalue weighted by Crippen LogP contribution is 2.36. The van der Waals surface area contributed by atoms with E-state index < -0.39 is 15.2 Å². The number of carbonyl (C=O) groups excluding carboxylic acids is 1. The summed E-state index contributed by atoms with van der Waals surface area (Å²) in [5.74, 6) is -0.0527. The summed E-state index contributed by atoms with van der Waals surface area (Å²) in [6, 6.07) is 6.93. The van der Waals surface area contributed by atoms with Gasteiger partial charge in [-0.05, 0) is 18.1 Å². The summed E-state index contributed by atoms with van der Waals surface area (Å²) in [5, 5.41) is -0.630. The second-order valence-corrected chi connectivity index (χ2v) is 6.24. The lowest BCUT2D eigenvalue weighted by Gasteiger charge is -2.31. The Morgan fingerprint density at radius 1 is 1.25 bits per heavy atom. The van der Waals surface area contributed by atoms with Crippen LogP contribution < -0.4 is 0 Å². The second-order valence-electron chi connectivity index (χ2n) is 4.17. The average Bonchev–Trinajstić information content (AvgIpc) is 2.62. The summed E-state index contributed by atoms with van der Waals surface area (Å²) in [7, 11) is -3.35. The molecule has 16 heavy (non-hydrogen) atoms. The first-order valence-corrected chi connectivity index (χ1v) is 6.76. The third kappa shape index (κ3) is 1.15. The standard InChI is InChI=1S/C11H11NO3S/c13-10-5-6-11-12(10)7-8-3-1-2-4-9(8)16(11,14)15/h1-4,11H,5-7H2. The summed E-state index contributed by atoms with van der Waals surface area (Å²) in [4.78, 5) is 13.4. The zero-order valence-electron chi connectivity index (χ0n) is 8.59. The van der Waals surface area contributed by atoms with Crippen molar-refractivity contribution in [2.45, 2.75) is 29.7 Å². The van der Waals surface area contributed by atoms with E-state index in [0.717, 1.165) is 5.56 Å². The fourth-order valence-corrected chi connectivity index (χ4v) is 4.48. The van der Waals surface area contributed by atoms with Crippen LogP contribution in [0.25, 0.3) is 0 Å². The van der Waals surface area contributed by atoms with Gasteiger partial charge in [0.1, 0.15) is 5.37 Å². The molecule has 2 aliphatic heterocycles. The van der Waals surface area contributed by atoms with E-state index in [1.54, 1.807) is 24.3 Å². The third-order valence-electron chi connectivity index (χ3n) is 3.25. The molecule has 1 aromatic carbocycles. The highest BCUT2D eigenvalue weighted by atomic mass is 32.2. The maximum Gasteiger partial charge on any atom is 0.224 e. The normalized spacial score (nSPS) is 26.4. The Morgan fingerprint density at radius 3 is 2.81 bits per heavy atom. The van der Waals surface area contributed by atoms with Crippen molar-refractivity contribution in [1.82, 2.24) is 4.90 Å². The van der Waals surface area contributed by atoms with E-state index in [4.69, 9.17) is 0 Å². The highest BCUT2D eigenvalue weighted by Gasteiger charge is 2.44. The first-order chi connectivity index (χ1) is 7.60. The van der Waals surface area contributed by atoms with Gasteiger partial charge in [0.15, 0.2) is 9.84 Å². The first kappa shape index (κ1) is 9.84. The molecule has 1 aromatic rings. The van der Waals surface area contributed by atoms with Crippen molar-refractivity contribution >= 4 is 15.7 Å². The molecule has 0 aliphatic carbocycles. The van der Waals surface area contributed by atoms with E-state index >= 15 is 0 Å². The zero-order chi connectivity index (χ0) is 11.3. The van der Waals surface area contributed by atoms with E-state index in [1.807, 2.05) is 0 Å². The molecule has 1 saturated heterocycles. The van der Waals surface area contributed by atoms with Gasteiger partial charge < -0.3 is 4.90 Å². The van der Waals surface area contributed by atoms with Gasteiger partial charge in [0.2, 0.25) is 5.91 Å². The molecule has 2 heterocycles. The Kier molecular flexibility index (Phi) is 1.89. The molecule has 3 rings (SSSR count). The van der Waals surface area contributed by atoms with Crippen molar-refractivity contribution in [2.24, 2.45) is 0 Å². The largest absolute Gasteiger partial charge is 0.321 e. The summed E-state index contributed by atoms with van der Waals surface area (Å²) in [5.41, 5.74) is 0.731. The number of carbonyl (C=O) groups is 1. The molecular weight excluding hydrogens is 226 g/mol. The van der Waals surface area contributed by atoms with Crippen LogP contribution in [0.15, 0.2) is 29.2 Å². The number of hydrogen-bond acceptors (Lipinski definition) is 3.